The normalized spacial score (nSPS) is 11.1. The Bertz CT molecular complexity index is 1270. The third-order valence-electron chi connectivity index (χ3n) is 4.90. The van der Waals surface area contributed by atoms with Crippen molar-refractivity contribution in [3.8, 4) is 11.1 Å². The molecule has 140 valence electrons. The Labute approximate surface area is 162 Å². The van der Waals surface area contributed by atoms with Crippen molar-refractivity contribution in [3.05, 3.63) is 81.7 Å². The minimum atomic E-state index is -0.461. The van der Waals surface area contributed by atoms with Crippen LogP contribution in [0.2, 0.25) is 0 Å². The summed E-state index contributed by atoms with van der Waals surface area (Å²) in [5.74, 6) is -0.441. The van der Waals surface area contributed by atoms with Gasteiger partial charge in [-0.25, -0.2) is 9.59 Å². The molecule has 1 aromatic heterocycles. The zero-order valence-electron chi connectivity index (χ0n) is 16.0. The number of benzene rings is 3. The fourth-order valence-electron chi connectivity index (χ4n) is 3.69. The van der Waals surface area contributed by atoms with Gasteiger partial charge in [0.25, 0.3) is 0 Å². The molecular formula is C24H20O4. The lowest BCUT2D eigenvalue weighted by Gasteiger charge is -2.16. The lowest BCUT2D eigenvalue weighted by Crippen LogP contribution is -2.12. The number of fused-ring (bicyclic) bond motifs is 3. The highest BCUT2D eigenvalue weighted by molar-refractivity contribution is 6.15. The Balaban J connectivity index is 2.23. The highest BCUT2D eigenvalue weighted by Crippen LogP contribution is 2.36. The van der Waals surface area contributed by atoms with Gasteiger partial charge in [-0.2, -0.15) is 0 Å². The number of aryl methyl sites for hydroxylation is 2. The maximum atomic E-state index is 13.0. The van der Waals surface area contributed by atoms with Gasteiger partial charge in [-0.3, -0.25) is 0 Å². The molecule has 4 heteroatoms. The smallest absolute Gasteiger partial charge is 0.344 e. The fourth-order valence-corrected chi connectivity index (χ4v) is 3.69. The molecule has 0 aliphatic carbocycles. The Kier molecular flexibility index (Phi) is 4.47. The maximum absolute atomic E-state index is 13.0. The predicted molar refractivity (Wildman–Crippen MR) is 111 cm³/mol. The van der Waals surface area contributed by atoms with Crippen LogP contribution >= 0.6 is 0 Å². The molecule has 0 aliphatic rings. The van der Waals surface area contributed by atoms with Crippen LogP contribution in [0.1, 0.15) is 28.4 Å². The van der Waals surface area contributed by atoms with Crippen LogP contribution in [-0.4, -0.2) is 12.6 Å². The first-order valence-corrected chi connectivity index (χ1v) is 9.24. The summed E-state index contributed by atoms with van der Waals surface area (Å²) < 4.78 is 10.9. The van der Waals surface area contributed by atoms with Crippen molar-refractivity contribution in [1.82, 2.24) is 0 Å². The summed E-state index contributed by atoms with van der Waals surface area (Å²) in [6.07, 6.45) is 0. The summed E-state index contributed by atoms with van der Waals surface area (Å²) in [7, 11) is 0. The Morgan fingerprint density at radius 3 is 2.46 bits per heavy atom. The van der Waals surface area contributed by atoms with Crippen molar-refractivity contribution in [1.29, 1.82) is 0 Å². The van der Waals surface area contributed by atoms with Gasteiger partial charge in [0.15, 0.2) is 0 Å². The lowest BCUT2D eigenvalue weighted by molar-refractivity contribution is 0.0526. The molecule has 0 saturated carbocycles. The van der Waals surface area contributed by atoms with Crippen molar-refractivity contribution >= 4 is 27.7 Å². The van der Waals surface area contributed by atoms with E-state index in [0.29, 0.717) is 22.1 Å². The third-order valence-corrected chi connectivity index (χ3v) is 4.90. The first kappa shape index (κ1) is 18.0. The van der Waals surface area contributed by atoms with Gasteiger partial charge in [-0.1, -0.05) is 42.5 Å². The minimum Gasteiger partial charge on any atom is -0.462 e. The zero-order chi connectivity index (χ0) is 19.8. The van der Waals surface area contributed by atoms with Crippen LogP contribution in [0.5, 0.6) is 0 Å². The van der Waals surface area contributed by atoms with E-state index in [-0.39, 0.29) is 6.61 Å². The van der Waals surface area contributed by atoms with Gasteiger partial charge in [0.2, 0.25) is 0 Å². The summed E-state index contributed by atoms with van der Waals surface area (Å²) in [6.45, 7) is 5.84. The van der Waals surface area contributed by atoms with Crippen LogP contribution in [0.15, 0.2) is 63.8 Å². The summed E-state index contributed by atoms with van der Waals surface area (Å²) in [5, 5.41) is 2.02. The van der Waals surface area contributed by atoms with E-state index in [0.717, 1.165) is 27.5 Å². The molecule has 0 radical (unpaired) electrons. The lowest BCUT2D eigenvalue weighted by atomic mass is 9.89. The second-order valence-electron chi connectivity index (χ2n) is 6.84. The molecule has 3 aromatic carbocycles. The predicted octanol–water partition coefficient (Wildman–Crippen LogP) is 5.41. The minimum absolute atomic E-state index is 0.260. The Morgan fingerprint density at radius 2 is 1.75 bits per heavy atom. The monoisotopic (exact) mass is 372 g/mol. The van der Waals surface area contributed by atoms with E-state index >= 15 is 0 Å². The topological polar surface area (TPSA) is 56.5 Å². The quantitative estimate of drug-likeness (QED) is 0.274. The van der Waals surface area contributed by atoms with Gasteiger partial charge >= 0.3 is 11.6 Å². The highest BCUT2D eigenvalue weighted by Gasteiger charge is 2.23. The molecule has 0 amide bonds. The molecule has 4 nitrogen and oxygen atoms in total. The zero-order valence-corrected chi connectivity index (χ0v) is 16.0. The number of ether oxygens (including phenoxy) is 1. The average molecular weight is 372 g/mol. The molecule has 4 aromatic rings. The van der Waals surface area contributed by atoms with Crippen molar-refractivity contribution in [2.24, 2.45) is 0 Å². The van der Waals surface area contributed by atoms with Gasteiger partial charge in [0.05, 0.1) is 17.6 Å². The van der Waals surface area contributed by atoms with Crippen LogP contribution in [-0.2, 0) is 4.74 Å². The maximum Gasteiger partial charge on any atom is 0.344 e. The second-order valence-corrected chi connectivity index (χ2v) is 6.84. The van der Waals surface area contributed by atoms with E-state index in [1.54, 1.807) is 6.92 Å². The summed E-state index contributed by atoms with van der Waals surface area (Å²) in [5.41, 5.74) is 3.59. The first-order valence-electron chi connectivity index (χ1n) is 9.24. The van der Waals surface area contributed by atoms with E-state index < -0.39 is 11.6 Å². The SMILES string of the molecule is CCOC(=O)c1c(C)cc2c(c1-c1ccccc1)c(=O)oc1cc(C)ccc12. The number of carbonyl (C=O) groups excluding carboxylic acids is 1. The Hall–Kier alpha value is -3.40. The van der Waals surface area contributed by atoms with Crippen LogP contribution in [0.4, 0.5) is 0 Å². The highest BCUT2D eigenvalue weighted by atomic mass is 16.5. The van der Waals surface area contributed by atoms with E-state index in [1.807, 2.05) is 68.4 Å². The molecular weight excluding hydrogens is 352 g/mol. The third kappa shape index (κ3) is 2.87. The molecule has 0 N–H and O–H groups in total. The van der Waals surface area contributed by atoms with Crippen molar-refractivity contribution in [2.75, 3.05) is 6.61 Å². The molecule has 28 heavy (non-hydrogen) atoms. The molecule has 0 unspecified atom stereocenters. The molecule has 4 rings (SSSR count). The van der Waals surface area contributed by atoms with Gasteiger partial charge in [0.1, 0.15) is 5.58 Å². The van der Waals surface area contributed by atoms with Gasteiger partial charge in [-0.15, -0.1) is 0 Å². The van der Waals surface area contributed by atoms with Crippen LogP contribution < -0.4 is 5.63 Å². The van der Waals surface area contributed by atoms with E-state index in [9.17, 15) is 9.59 Å². The van der Waals surface area contributed by atoms with Crippen LogP contribution in [0.25, 0.3) is 32.9 Å². The second kappa shape index (κ2) is 6.97. The first-order chi connectivity index (χ1) is 13.5. The van der Waals surface area contributed by atoms with E-state index in [2.05, 4.69) is 0 Å². The number of hydrogen-bond donors (Lipinski definition) is 0. The van der Waals surface area contributed by atoms with Crippen molar-refractivity contribution < 1.29 is 13.9 Å². The molecule has 0 spiro atoms. The molecule has 0 bridgehead atoms. The van der Waals surface area contributed by atoms with E-state index in [1.165, 1.54) is 0 Å². The summed E-state index contributed by atoms with van der Waals surface area (Å²) in [4.78, 5) is 25.8. The summed E-state index contributed by atoms with van der Waals surface area (Å²) >= 11 is 0. The van der Waals surface area contributed by atoms with E-state index in [4.69, 9.17) is 9.15 Å². The number of esters is 1. The average Bonchev–Trinajstić information content (AvgIpc) is 2.67. The van der Waals surface area contributed by atoms with Crippen LogP contribution in [0.3, 0.4) is 0 Å². The molecule has 0 aliphatic heterocycles. The van der Waals surface area contributed by atoms with Gasteiger partial charge in [-0.05, 0) is 49.6 Å². The van der Waals surface area contributed by atoms with Gasteiger partial charge < -0.3 is 9.15 Å². The molecule has 0 saturated heterocycles. The Morgan fingerprint density at radius 1 is 1.00 bits per heavy atom. The van der Waals surface area contributed by atoms with Crippen molar-refractivity contribution in [3.63, 3.8) is 0 Å². The van der Waals surface area contributed by atoms with Crippen molar-refractivity contribution in [2.45, 2.75) is 20.8 Å². The molecule has 1 heterocycles. The largest absolute Gasteiger partial charge is 0.462 e. The summed E-state index contributed by atoms with van der Waals surface area (Å²) in [6, 6.07) is 17.1. The fraction of sp³-hybridized carbons (Fsp3) is 0.167. The molecule has 0 atom stereocenters. The number of hydrogen-bond acceptors (Lipinski definition) is 4. The number of rotatable bonds is 3. The van der Waals surface area contributed by atoms with Crippen LogP contribution in [0, 0.1) is 13.8 Å². The van der Waals surface area contributed by atoms with Gasteiger partial charge in [0, 0.05) is 16.3 Å². The standard InChI is InChI=1S/C24H20O4/c1-4-27-23(25)20-15(3)13-18-17-11-10-14(2)12-19(17)28-24(26)22(18)21(20)16-8-6-5-7-9-16/h5-13H,4H2,1-3H3. The number of carbonyl (C=O) groups is 1. The molecule has 0 fully saturated rings.